The van der Waals surface area contributed by atoms with Crippen molar-refractivity contribution in [1.82, 2.24) is 0 Å². The molecule has 9 N–H and O–H groups in total. The molecule has 4 aromatic rings. The number of carbonyl (C=O) groups excluding carboxylic acids is 1. The number of esters is 1. The average molecular weight is 600 g/mol. The minimum atomic E-state index is -1.88. The molecule has 5 atom stereocenters. The van der Waals surface area contributed by atoms with Gasteiger partial charge in [-0.1, -0.05) is 0 Å². The number of aromatic hydroxyl groups is 7. The molecule has 1 aromatic heterocycles. The molecular weight excluding hydrogens is 576 g/mol. The molecule has 0 radical (unpaired) electrons. The maximum absolute atomic E-state index is 13.7. The maximum atomic E-state index is 13.7. The summed E-state index contributed by atoms with van der Waals surface area (Å²) in [4.78, 5) is 26.6. The predicted octanol–water partition coefficient (Wildman–Crippen LogP) is 1.47. The Kier molecular flexibility index (Phi) is 7.31. The SMILES string of the molecule is C[C@@H]1O[C@H](Oc2c(-c3ccc(O)c(O)c3)oc3cc(O)cc(O)c3c2=O)[C@@H](OC(=O)c2cc(O)c(O)c(O)c2)[C@@H](O)[C@@H]1O. The lowest BCUT2D eigenvalue weighted by molar-refractivity contribution is -0.267. The molecule has 3 aromatic carbocycles. The van der Waals surface area contributed by atoms with Crippen molar-refractivity contribution in [3.63, 3.8) is 0 Å². The molecule has 1 fully saturated rings. The molecule has 43 heavy (non-hydrogen) atoms. The molecule has 2 heterocycles. The fourth-order valence-corrected chi connectivity index (χ4v) is 4.48. The number of benzene rings is 3. The number of phenolic OH excluding ortho intramolecular Hbond substituents is 7. The second-order valence-corrected chi connectivity index (χ2v) is 9.67. The Bertz CT molecular complexity index is 1770. The Morgan fingerprint density at radius 3 is 2.14 bits per heavy atom. The topological polar surface area (TPSA) is 257 Å². The first-order valence-electron chi connectivity index (χ1n) is 12.5. The van der Waals surface area contributed by atoms with Crippen molar-refractivity contribution < 1.29 is 69.4 Å². The smallest absolute Gasteiger partial charge is 0.339 e. The molecule has 0 unspecified atom stereocenters. The Labute approximate surface area is 239 Å². The number of aliphatic hydroxyl groups is 2. The van der Waals surface area contributed by atoms with Gasteiger partial charge >= 0.3 is 5.97 Å². The second-order valence-electron chi connectivity index (χ2n) is 9.67. The van der Waals surface area contributed by atoms with Crippen LogP contribution >= 0.6 is 0 Å². The summed E-state index contributed by atoms with van der Waals surface area (Å²) in [7, 11) is 0. The normalized spacial score (nSPS) is 21.9. The van der Waals surface area contributed by atoms with E-state index >= 15 is 0 Å². The summed E-state index contributed by atoms with van der Waals surface area (Å²) < 4.78 is 22.5. The van der Waals surface area contributed by atoms with Gasteiger partial charge in [0.05, 0.1) is 11.7 Å². The molecule has 0 bridgehead atoms. The van der Waals surface area contributed by atoms with Crippen molar-refractivity contribution in [2.75, 3.05) is 0 Å². The van der Waals surface area contributed by atoms with E-state index in [0.29, 0.717) is 0 Å². The monoisotopic (exact) mass is 600 g/mol. The van der Waals surface area contributed by atoms with Crippen LogP contribution in [0, 0.1) is 0 Å². The van der Waals surface area contributed by atoms with Crippen LogP contribution in [-0.2, 0) is 9.47 Å². The third kappa shape index (κ3) is 5.23. The summed E-state index contributed by atoms with van der Waals surface area (Å²) >= 11 is 0. The van der Waals surface area contributed by atoms with Crippen LogP contribution in [-0.4, -0.2) is 82.6 Å². The first-order chi connectivity index (χ1) is 20.3. The zero-order valence-electron chi connectivity index (χ0n) is 21.9. The maximum Gasteiger partial charge on any atom is 0.339 e. The summed E-state index contributed by atoms with van der Waals surface area (Å²) in [6, 6.07) is 6.72. The Morgan fingerprint density at radius 1 is 0.814 bits per heavy atom. The number of phenols is 7. The van der Waals surface area contributed by atoms with Crippen LogP contribution in [0.2, 0.25) is 0 Å². The van der Waals surface area contributed by atoms with Crippen LogP contribution in [0.15, 0.2) is 51.7 Å². The molecule has 226 valence electrons. The number of hydrogen-bond acceptors (Lipinski definition) is 15. The third-order valence-corrected chi connectivity index (χ3v) is 6.72. The number of ether oxygens (including phenoxy) is 3. The van der Waals surface area contributed by atoms with E-state index in [9.17, 15) is 55.5 Å². The minimum absolute atomic E-state index is 0.0415. The van der Waals surface area contributed by atoms with Gasteiger partial charge in [0.2, 0.25) is 17.5 Å². The van der Waals surface area contributed by atoms with Gasteiger partial charge in [-0.25, -0.2) is 4.79 Å². The van der Waals surface area contributed by atoms with Gasteiger partial charge in [0.1, 0.15) is 34.7 Å². The number of aliphatic hydroxyl groups excluding tert-OH is 2. The van der Waals surface area contributed by atoms with E-state index in [2.05, 4.69) is 0 Å². The molecule has 0 amide bonds. The fraction of sp³-hybridized carbons (Fsp3) is 0.214. The van der Waals surface area contributed by atoms with Gasteiger partial charge in [-0.3, -0.25) is 4.79 Å². The van der Waals surface area contributed by atoms with E-state index in [0.717, 1.165) is 36.4 Å². The fourth-order valence-electron chi connectivity index (χ4n) is 4.48. The molecule has 0 aliphatic carbocycles. The lowest BCUT2D eigenvalue weighted by Crippen LogP contribution is -2.60. The largest absolute Gasteiger partial charge is 0.508 e. The first kappa shape index (κ1) is 29.1. The van der Waals surface area contributed by atoms with Gasteiger partial charge in [0.15, 0.2) is 40.6 Å². The second kappa shape index (κ2) is 10.8. The number of fused-ring (bicyclic) bond motifs is 1. The summed E-state index contributed by atoms with van der Waals surface area (Å²) in [6.07, 6.45) is -8.39. The molecule has 15 heteroatoms. The third-order valence-electron chi connectivity index (χ3n) is 6.72. The van der Waals surface area contributed by atoms with Gasteiger partial charge in [0, 0.05) is 17.7 Å². The Morgan fingerprint density at radius 2 is 1.49 bits per heavy atom. The highest BCUT2D eigenvalue weighted by molar-refractivity contribution is 5.91. The van der Waals surface area contributed by atoms with E-state index in [1.807, 2.05) is 0 Å². The number of hydrogen-bond donors (Lipinski definition) is 9. The zero-order chi connectivity index (χ0) is 31.3. The van der Waals surface area contributed by atoms with E-state index in [4.69, 9.17) is 18.6 Å². The van der Waals surface area contributed by atoms with Crippen LogP contribution in [0.25, 0.3) is 22.3 Å². The van der Waals surface area contributed by atoms with Gasteiger partial charge in [-0.15, -0.1) is 0 Å². The molecule has 0 saturated carbocycles. The van der Waals surface area contributed by atoms with Crippen molar-refractivity contribution in [3.8, 4) is 57.3 Å². The highest BCUT2D eigenvalue weighted by Gasteiger charge is 2.47. The summed E-state index contributed by atoms with van der Waals surface area (Å²) in [5, 5.41) is 90.1. The summed E-state index contributed by atoms with van der Waals surface area (Å²) in [5.74, 6) is -7.30. The van der Waals surface area contributed by atoms with Crippen LogP contribution in [0.3, 0.4) is 0 Å². The van der Waals surface area contributed by atoms with Crippen LogP contribution in [0.4, 0.5) is 0 Å². The average Bonchev–Trinajstić information content (AvgIpc) is 2.94. The molecule has 15 nitrogen and oxygen atoms in total. The zero-order valence-corrected chi connectivity index (χ0v) is 21.9. The summed E-state index contributed by atoms with van der Waals surface area (Å²) in [5.41, 5.74) is -1.86. The lowest BCUT2D eigenvalue weighted by Gasteiger charge is -2.40. The van der Waals surface area contributed by atoms with Crippen LogP contribution in [0.1, 0.15) is 17.3 Å². The number of carbonyl (C=O) groups is 1. The van der Waals surface area contributed by atoms with Crippen LogP contribution in [0.5, 0.6) is 46.0 Å². The first-order valence-corrected chi connectivity index (χ1v) is 12.5. The minimum Gasteiger partial charge on any atom is -0.508 e. The van der Waals surface area contributed by atoms with Gasteiger partial charge in [0.25, 0.3) is 0 Å². The van der Waals surface area contributed by atoms with Gasteiger partial charge in [-0.05, 0) is 37.3 Å². The van der Waals surface area contributed by atoms with Gasteiger partial charge in [-0.2, -0.15) is 0 Å². The highest BCUT2D eigenvalue weighted by atomic mass is 16.7. The molecule has 1 aliphatic heterocycles. The molecule has 5 rings (SSSR count). The molecule has 0 spiro atoms. The van der Waals surface area contributed by atoms with Crippen molar-refractivity contribution in [1.29, 1.82) is 0 Å². The summed E-state index contributed by atoms with van der Waals surface area (Å²) in [6.45, 7) is 1.34. The Hall–Kier alpha value is -5.38. The van der Waals surface area contributed by atoms with Crippen molar-refractivity contribution in [3.05, 3.63) is 58.3 Å². The van der Waals surface area contributed by atoms with Crippen molar-refractivity contribution in [2.45, 2.75) is 37.6 Å². The highest BCUT2D eigenvalue weighted by Crippen LogP contribution is 2.40. The number of rotatable bonds is 5. The lowest BCUT2D eigenvalue weighted by atomic mass is 9.99. The molecular formula is C28H24O15. The van der Waals surface area contributed by atoms with E-state index in [-0.39, 0.29) is 11.1 Å². The Balaban J connectivity index is 1.62. The van der Waals surface area contributed by atoms with E-state index < -0.39 is 105 Å². The van der Waals surface area contributed by atoms with E-state index in [1.165, 1.54) is 13.0 Å². The van der Waals surface area contributed by atoms with Gasteiger partial charge < -0.3 is 64.6 Å². The van der Waals surface area contributed by atoms with Crippen molar-refractivity contribution >= 4 is 16.9 Å². The molecule has 1 aliphatic rings. The van der Waals surface area contributed by atoms with E-state index in [1.54, 1.807) is 0 Å². The molecule has 1 saturated heterocycles. The standard InChI is InChI=1S/C28H24O15/c1-9-20(35)23(38)26(42-27(39)11-5-16(33)21(36)17(34)6-11)28(40-9)43-25-22(37)19-15(32)7-12(29)8-18(19)41-24(25)10-2-3-13(30)14(31)4-10/h2-9,20,23,26,28-36,38H,1H3/t9-,20+,23-,26-,28+/m0/s1. The van der Waals surface area contributed by atoms with Crippen molar-refractivity contribution in [2.24, 2.45) is 0 Å². The quantitative estimate of drug-likeness (QED) is 0.116. The predicted molar refractivity (Wildman–Crippen MR) is 142 cm³/mol. The van der Waals surface area contributed by atoms with Crippen LogP contribution < -0.4 is 10.2 Å².